The van der Waals surface area contributed by atoms with E-state index in [9.17, 15) is 4.39 Å². The normalized spacial score (nSPS) is 20.8. The Morgan fingerprint density at radius 2 is 1.68 bits per heavy atom. The fourth-order valence-corrected chi connectivity index (χ4v) is 5.42. The second-order valence-corrected chi connectivity index (χ2v) is 11.9. The number of likely N-dealkylation sites (tertiary alicyclic amines) is 1. The SMILES string of the molecule is C=C(OC(C)(C)C)N1CC(C(C)c2cc(F)c([C@H]3C#C[C@H](C)CC(c4cc(F)ccc4C)=C3C)c(F)c2)C1. The maximum atomic E-state index is 15.7. The standard InChI is InChI=1S/C33H38F3NO/c1-19-9-12-27(22(4)29(13-19)28-16-26(34)11-10-20(28)2)32-30(35)14-24(15-31(32)36)21(3)25-17-37(18-25)23(5)38-33(6,7)8/h10-11,14-16,19,21,25,27H,5,13,17-18H2,1-4,6-8H3/t19-,21?,27-/m0/s1. The van der Waals surface area contributed by atoms with Crippen molar-refractivity contribution in [1.29, 1.82) is 0 Å². The number of nitrogens with zero attached hydrogens (tertiary/aromatic N) is 1. The molecular weight excluding hydrogens is 483 g/mol. The first-order valence-corrected chi connectivity index (χ1v) is 13.3. The van der Waals surface area contributed by atoms with Crippen molar-refractivity contribution in [2.45, 2.75) is 72.3 Å². The Hall–Kier alpha value is -3.13. The molecule has 1 aliphatic heterocycles. The third kappa shape index (κ3) is 5.80. The van der Waals surface area contributed by atoms with Gasteiger partial charge in [0.1, 0.15) is 23.1 Å². The predicted molar refractivity (Wildman–Crippen MR) is 148 cm³/mol. The van der Waals surface area contributed by atoms with Gasteiger partial charge in [0.2, 0.25) is 0 Å². The zero-order valence-electron chi connectivity index (χ0n) is 23.5. The van der Waals surface area contributed by atoms with E-state index in [2.05, 4.69) is 23.3 Å². The van der Waals surface area contributed by atoms with E-state index in [1.807, 2.05) is 48.5 Å². The number of halogens is 3. The molecule has 2 aliphatic rings. The lowest BCUT2D eigenvalue weighted by molar-refractivity contribution is -0.0334. The summed E-state index contributed by atoms with van der Waals surface area (Å²) in [4.78, 5) is 2.06. The highest BCUT2D eigenvalue weighted by Crippen LogP contribution is 2.41. The van der Waals surface area contributed by atoms with Crippen LogP contribution in [0.3, 0.4) is 0 Å². The van der Waals surface area contributed by atoms with Crippen molar-refractivity contribution in [3.05, 3.63) is 88.1 Å². The molecule has 2 nitrogen and oxygen atoms in total. The van der Waals surface area contributed by atoms with Crippen molar-refractivity contribution < 1.29 is 17.9 Å². The molecule has 1 unspecified atom stereocenters. The monoisotopic (exact) mass is 521 g/mol. The molecule has 1 fully saturated rings. The zero-order chi connectivity index (χ0) is 27.9. The summed E-state index contributed by atoms with van der Waals surface area (Å²) < 4.78 is 51.3. The summed E-state index contributed by atoms with van der Waals surface area (Å²) in [5.41, 5.74) is 3.62. The molecular formula is C33H38F3NO. The highest BCUT2D eigenvalue weighted by molar-refractivity contribution is 5.74. The van der Waals surface area contributed by atoms with Gasteiger partial charge in [0.15, 0.2) is 5.88 Å². The maximum absolute atomic E-state index is 15.7. The predicted octanol–water partition coefficient (Wildman–Crippen LogP) is 8.33. The molecule has 0 saturated carbocycles. The van der Waals surface area contributed by atoms with Crippen molar-refractivity contribution >= 4 is 5.57 Å². The summed E-state index contributed by atoms with van der Waals surface area (Å²) >= 11 is 0. The molecule has 0 spiro atoms. The van der Waals surface area contributed by atoms with E-state index in [1.54, 1.807) is 6.07 Å². The summed E-state index contributed by atoms with van der Waals surface area (Å²) in [5.74, 6) is 4.87. The average Bonchev–Trinajstić information content (AvgIpc) is 2.91. The Labute approximate surface area is 225 Å². The van der Waals surface area contributed by atoms with Crippen molar-refractivity contribution in [2.24, 2.45) is 11.8 Å². The molecule has 202 valence electrons. The van der Waals surface area contributed by atoms with Crippen molar-refractivity contribution in [3.8, 4) is 11.8 Å². The third-order valence-electron chi connectivity index (χ3n) is 7.73. The molecule has 38 heavy (non-hydrogen) atoms. The van der Waals surface area contributed by atoms with Crippen LogP contribution in [0.25, 0.3) is 5.57 Å². The minimum absolute atomic E-state index is 0.0170. The lowest BCUT2D eigenvalue weighted by atomic mass is 9.80. The minimum Gasteiger partial charge on any atom is -0.474 e. The first-order chi connectivity index (χ1) is 17.7. The number of hydrogen-bond donors (Lipinski definition) is 0. The van der Waals surface area contributed by atoms with Crippen molar-refractivity contribution in [2.75, 3.05) is 13.1 Å². The molecule has 1 saturated heterocycles. The number of benzene rings is 2. The first kappa shape index (κ1) is 27.9. The highest BCUT2D eigenvalue weighted by Gasteiger charge is 2.35. The Morgan fingerprint density at radius 3 is 2.29 bits per heavy atom. The van der Waals surface area contributed by atoms with Crippen molar-refractivity contribution in [3.63, 3.8) is 0 Å². The van der Waals surface area contributed by atoms with E-state index in [0.29, 0.717) is 17.9 Å². The van der Waals surface area contributed by atoms with E-state index in [4.69, 9.17) is 4.74 Å². The molecule has 2 aromatic carbocycles. The molecule has 1 heterocycles. The van der Waals surface area contributed by atoms with Crippen LogP contribution in [0.15, 0.2) is 48.4 Å². The fraction of sp³-hybridized carbons (Fsp3) is 0.455. The lowest BCUT2D eigenvalue weighted by Gasteiger charge is -2.45. The van der Waals surface area contributed by atoms with Gasteiger partial charge in [-0.05, 0) is 106 Å². The Bertz CT molecular complexity index is 1310. The van der Waals surface area contributed by atoms with Gasteiger partial charge in [0, 0.05) is 30.5 Å². The summed E-state index contributed by atoms with van der Waals surface area (Å²) in [6, 6.07) is 7.59. The lowest BCUT2D eigenvalue weighted by Crippen LogP contribution is -2.49. The van der Waals surface area contributed by atoms with Gasteiger partial charge in [0.05, 0.1) is 5.92 Å². The number of hydrogen-bond acceptors (Lipinski definition) is 2. The van der Waals surface area contributed by atoms with Gasteiger partial charge >= 0.3 is 0 Å². The quantitative estimate of drug-likeness (QED) is 0.280. The van der Waals surface area contributed by atoms with Gasteiger partial charge in [-0.25, -0.2) is 13.2 Å². The molecule has 0 N–H and O–H groups in total. The summed E-state index contributed by atoms with van der Waals surface area (Å²) in [6.07, 6.45) is 0.598. The van der Waals surface area contributed by atoms with Gasteiger partial charge in [-0.1, -0.05) is 31.8 Å². The van der Waals surface area contributed by atoms with E-state index < -0.39 is 17.6 Å². The molecule has 0 aromatic heterocycles. The van der Waals surface area contributed by atoms with Crippen LogP contribution in [0, 0.1) is 48.1 Å². The number of aryl methyl sites for hydroxylation is 1. The van der Waals surface area contributed by atoms with Gasteiger partial charge in [-0.15, -0.1) is 0 Å². The topological polar surface area (TPSA) is 12.5 Å². The number of ether oxygens (including phenoxy) is 1. The molecule has 0 amide bonds. The Balaban J connectivity index is 1.61. The van der Waals surface area contributed by atoms with Crippen LogP contribution in [0.1, 0.15) is 82.1 Å². The van der Waals surface area contributed by atoms with Crippen LogP contribution in [-0.4, -0.2) is 23.6 Å². The van der Waals surface area contributed by atoms with Gasteiger partial charge in [0.25, 0.3) is 0 Å². The third-order valence-corrected chi connectivity index (χ3v) is 7.73. The van der Waals surface area contributed by atoms with Gasteiger partial charge in [-0.3, -0.25) is 0 Å². The molecule has 2 aromatic rings. The Kier molecular flexibility index (Phi) is 7.75. The summed E-state index contributed by atoms with van der Waals surface area (Å²) in [7, 11) is 0. The highest BCUT2D eigenvalue weighted by atomic mass is 19.1. The van der Waals surface area contributed by atoms with E-state index in [0.717, 1.165) is 35.4 Å². The molecule has 4 rings (SSSR count). The maximum Gasteiger partial charge on any atom is 0.182 e. The van der Waals surface area contributed by atoms with Gasteiger partial charge < -0.3 is 9.64 Å². The van der Waals surface area contributed by atoms with E-state index in [1.165, 1.54) is 24.3 Å². The zero-order valence-corrected chi connectivity index (χ0v) is 23.5. The first-order valence-electron chi connectivity index (χ1n) is 13.3. The molecule has 1 aliphatic carbocycles. The second kappa shape index (κ2) is 10.6. The number of rotatable bonds is 6. The number of allylic oxidation sites excluding steroid dienone is 2. The largest absolute Gasteiger partial charge is 0.474 e. The molecule has 3 atom stereocenters. The molecule has 0 bridgehead atoms. The fourth-order valence-electron chi connectivity index (χ4n) is 5.42. The molecule has 5 heteroatoms. The van der Waals surface area contributed by atoms with E-state index in [-0.39, 0.29) is 34.7 Å². The average molecular weight is 522 g/mol. The van der Waals surface area contributed by atoms with Crippen LogP contribution < -0.4 is 0 Å². The summed E-state index contributed by atoms with van der Waals surface area (Å²) in [5, 5.41) is 0. The van der Waals surface area contributed by atoms with Gasteiger partial charge in [-0.2, -0.15) is 0 Å². The van der Waals surface area contributed by atoms with E-state index >= 15 is 8.78 Å². The molecule has 0 radical (unpaired) electrons. The van der Waals surface area contributed by atoms with Crippen LogP contribution in [0.5, 0.6) is 0 Å². The minimum atomic E-state index is -0.737. The summed E-state index contributed by atoms with van der Waals surface area (Å²) in [6.45, 7) is 19.2. The smallest absolute Gasteiger partial charge is 0.182 e. The Morgan fingerprint density at radius 1 is 1.05 bits per heavy atom. The van der Waals surface area contributed by atoms with Crippen LogP contribution in [0.4, 0.5) is 13.2 Å². The van der Waals surface area contributed by atoms with Crippen molar-refractivity contribution in [1.82, 2.24) is 4.90 Å². The van der Waals surface area contributed by atoms with Crippen LogP contribution in [0.2, 0.25) is 0 Å². The van der Waals surface area contributed by atoms with Crippen LogP contribution >= 0.6 is 0 Å². The second-order valence-electron chi connectivity index (χ2n) is 11.9. The van der Waals surface area contributed by atoms with Crippen LogP contribution in [-0.2, 0) is 4.74 Å².